The molecule has 0 unspecified atom stereocenters. The van der Waals surface area contributed by atoms with Crippen LogP contribution in [-0.4, -0.2) is 41.3 Å². The fraction of sp³-hybridized carbons (Fsp3) is 0.286. The van der Waals surface area contributed by atoms with Gasteiger partial charge in [-0.1, -0.05) is 29.3 Å². The Labute approximate surface area is 182 Å². The Kier molecular flexibility index (Phi) is 6.04. The molecule has 2 aromatic carbocycles. The minimum atomic E-state index is -0.302. The quantitative estimate of drug-likeness (QED) is 0.627. The average Bonchev–Trinajstić information content (AvgIpc) is 3.15. The zero-order chi connectivity index (χ0) is 20.4. The zero-order valence-electron chi connectivity index (χ0n) is 15.5. The van der Waals surface area contributed by atoms with Gasteiger partial charge in [-0.3, -0.25) is 9.59 Å². The highest BCUT2D eigenvalue weighted by atomic mass is 35.5. The third-order valence-corrected chi connectivity index (χ3v) is 6.72. The van der Waals surface area contributed by atoms with Gasteiger partial charge in [0, 0.05) is 34.6 Å². The molecule has 0 bridgehead atoms. The topological polar surface area (TPSA) is 62.3 Å². The molecule has 5 nitrogen and oxygen atoms in total. The van der Waals surface area contributed by atoms with E-state index >= 15 is 0 Å². The maximum absolute atomic E-state index is 12.5. The lowest BCUT2D eigenvalue weighted by Gasteiger charge is -2.31. The lowest BCUT2D eigenvalue weighted by Crippen LogP contribution is -2.43. The molecule has 0 atom stereocenters. The highest BCUT2D eigenvalue weighted by Gasteiger charge is 2.26. The zero-order valence-corrected chi connectivity index (χ0v) is 17.9. The summed E-state index contributed by atoms with van der Waals surface area (Å²) < 4.78 is 1.13. The lowest BCUT2D eigenvalue weighted by atomic mass is 9.97. The van der Waals surface area contributed by atoms with Gasteiger partial charge in [-0.2, -0.15) is 0 Å². The van der Waals surface area contributed by atoms with Crippen LogP contribution in [0.1, 0.15) is 34.1 Å². The second-order valence-corrected chi connectivity index (χ2v) is 8.95. The Hall–Kier alpha value is -2.15. The Balaban J connectivity index is 1.30. The van der Waals surface area contributed by atoms with Crippen molar-refractivity contribution in [2.24, 2.45) is 0 Å². The van der Waals surface area contributed by atoms with Crippen LogP contribution in [0.2, 0.25) is 10.0 Å². The molecule has 2 amide bonds. The average molecular weight is 448 g/mol. The summed E-state index contributed by atoms with van der Waals surface area (Å²) in [5.74, 6) is -0.0324. The molecule has 1 aliphatic rings. The minimum Gasteiger partial charge on any atom is -0.343 e. The Morgan fingerprint density at radius 1 is 1.10 bits per heavy atom. The molecule has 150 valence electrons. The summed E-state index contributed by atoms with van der Waals surface area (Å²) >= 11 is 13.6. The number of halogens is 2. The van der Waals surface area contributed by atoms with Crippen LogP contribution in [0, 0.1) is 0 Å². The number of nitrogens with one attached hydrogen (secondary N) is 1. The van der Waals surface area contributed by atoms with Gasteiger partial charge >= 0.3 is 0 Å². The first-order chi connectivity index (χ1) is 14.0. The maximum atomic E-state index is 12.5. The molecule has 0 radical (unpaired) electrons. The van der Waals surface area contributed by atoms with Crippen LogP contribution in [0.25, 0.3) is 10.2 Å². The van der Waals surface area contributed by atoms with Crippen molar-refractivity contribution in [3.05, 3.63) is 63.1 Å². The number of fused-ring (bicyclic) bond motifs is 1. The van der Waals surface area contributed by atoms with Gasteiger partial charge in [0.05, 0.1) is 21.8 Å². The predicted octanol–water partition coefficient (Wildman–Crippen LogP) is 4.74. The van der Waals surface area contributed by atoms with Crippen LogP contribution >= 0.6 is 34.5 Å². The van der Waals surface area contributed by atoms with Gasteiger partial charge < -0.3 is 10.2 Å². The van der Waals surface area contributed by atoms with Gasteiger partial charge in [0.2, 0.25) is 5.91 Å². The van der Waals surface area contributed by atoms with Crippen molar-refractivity contribution in [3.63, 3.8) is 0 Å². The lowest BCUT2D eigenvalue weighted by molar-refractivity contribution is -0.131. The Bertz CT molecular complexity index is 1060. The maximum Gasteiger partial charge on any atom is 0.251 e. The van der Waals surface area contributed by atoms with E-state index in [9.17, 15) is 9.59 Å². The standard InChI is InChI=1S/C21H19Cl2N3O2S/c22-15-3-1-2-14(10-15)20(28)24-12-19(27)26-8-6-13(7-9-26)21-25-17-11-16(23)4-5-18(17)29-21/h1-5,10-11,13H,6-9,12H2,(H,24,28). The molecule has 3 aromatic rings. The second kappa shape index (κ2) is 8.69. The van der Waals surface area contributed by atoms with E-state index in [0.717, 1.165) is 28.1 Å². The predicted molar refractivity (Wildman–Crippen MR) is 117 cm³/mol. The smallest absolute Gasteiger partial charge is 0.251 e. The van der Waals surface area contributed by atoms with Crippen LogP contribution in [-0.2, 0) is 4.79 Å². The third-order valence-electron chi connectivity index (χ3n) is 5.05. The molecular weight excluding hydrogens is 429 g/mol. The van der Waals surface area contributed by atoms with Crippen molar-refractivity contribution >= 4 is 56.6 Å². The fourth-order valence-corrected chi connectivity index (χ4v) is 4.94. The summed E-state index contributed by atoms with van der Waals surface area (Å²) in [4.78, 5) is 31.2. The number of amides is 2. The molecule has 0 aliphatic carbocycles. The number of thiazole rings is 1. The first-order valence-electron chi connectivity index (χ1n) is 9.37. The summed E-state index contributed by atoms with van der Waals surface area (Å²) in [6, 6.07) is 12.4. The van der Waals surface area contributed by atoms with Crippen LogP contribution in [0.5, 0.6) is 0 Å². The molecule has 0 spiro atoms. The highest BCUT2D eigenvalue weighted by Crippen LogP contribution is 2.34. The van der Waals surface area contributed by atoms with E-state index in [0.29, 0.717) is 34.6 Å². The van der Waals surface area contributed by atoms with Crippen molar-refractivity contribution in [3.8, 4) is 0 Å². The van der Waals surface area contributed by atoms with Crippen molar-refractivity contribution in [1.82, 2.24) is 15.2 Å². The van der Waals surface area contributed by atoms with E-state index < -0.39 is 0 Å². The number of likely N-dealkylation sites (tertiary alicyclic amines) is 1. The van der Waals surface area contributed by atoms with E-state index in [1.54, 1.807) is 40.5 Å². The van der Waals surface area contributed by atoms with Crippen LogP contribution in [0.3, 0.4) is 0 Å². The molecule has 1 aliphatic heterocycles. The Morgan fingerprint density at radius 3 is 2.62 bits per heavy atom. The van der Waals surface area contributed by atoms with Gasteiger partial charge in [-0.15, -0.1) is 11.3 Å². The van der Waals surface area contributed by atoms with E-state index in [-0.39, 0.29) is 18.4 Å². The molecule has 29 heavy (non-hydrogen) atoms. The molecule has 1 aromatic heterocycles. The van der Waals surface area contributed by atoms with Crippen molar-refractivity contribution < 1.29 is 9.59 Å². The van der Waals surface area contributed by atoms with Crippen LogP contribution < -0.4 is 5.32 Å². The summed E-state index contributed by atoms with van der Waals surface area (Å²) in [7, 11) is 0. The van der Waals surface area contributed by atoms with Gasteiger partial charge in [0.25, 0.3) is 5.91 Å². The third kappa shape index (κ3) is 4.71. The van der Waals surface area contributed by atoms with E-state index in [4.69, 9.17) is 28.2 Å². The summed E-state index contributed by atoms with van der Waals surface area (Å²) in [5, 5.41) is 4.96. The number of rotatable bonds is 4. The van der Waals surface area contributed by atoms with Crippen molar-refractivity contribution in [2.45, 2.75) is 18.8 Å². The normalized spacial score (nSPS) is 14.9. The largest absolute Gasteiger partial charge is 0.343 e. The first kappa shape index (κ1) is 20.1. The van der Waals surface area contributed by atoms with E-state index in [1.165, 1.54) is 0 Å². The number of hydrogen-bond acceptors (Lipinski definition) is 4. The Morgan fingerprint density at radius 2 is 1.86 bits per heavy atom. The van der Waals surface area contributed by atoms with Crippen LogP contribution in [0.4, 0.5) is 0 Å². The summed E-state index contributed by atoms with van der Waals surface area (Å²) in [6.07, 6.45) is 1.73. The molecule has 0 saturated carbocycles. The van der Waals surface area contributed by atoms with Gasteiger partial charge in [0.15, 0.2) is 0 Å². The SMILES string of the molecule is O=C(NCC(=O)N1CCC(c2nc3cc(Cl)ccc3s2)CC1)c1cccc(Cl)c1. The highest BCUT2D eigenvalue weighted by molar-refractivity contribution is 7.18. The van der Waals surface area contributed by atoms with Gasteiger partial charge in [-0.25, -0.2) is 4.98 Å². The number of carbonyl (C=O) groups excluding carboxylic acids is 2. The molecule has 1 N–H and O–H groups in total. The van der Waals surface area contributed by atoms with Gasteiger partial charge in [-0.05, 0) is 49.2 Å². The molecule has 8 heteroatoms. The molecular formula is C21H19Cl2N3O2S. The van der Waals surface area contributed by atoms with Gasteiger partial charge in [0.1, 0.15) is 0 Å². The first-order valence-corrected chi connectivity index (χ1v) is 10.9. The molecule has 4 rings (SSSR count). The number of aromatic nitrogens is 1. The summed E-state index contributed by atoms with van der Waals surface area (Å²) in [5.41, 5.74) is 1.37. The number of nitrogens with zero attached hydrogens (tertiary/aromatic N) is 2. The molecule has 1 saturated heterocycles. The number of hydrogen-bond donors (Lipinski definition) is 1. The number of benzene rings is 2. The van der Waals surface area contributed by atoms with Crippen molar-refractivity contribution in [2.75, 3.05) is 19.6 Å². The van der Waals surface area contributed by atoms with Crippen molar-refractivity contribution in [1.29, 1.82) is 0 Å². The molecule has 2 heterocycles. The minimum absolute atomic E-state index is 0.0182. The number of piperidine rings is 1. The monoisotopic (exact) mass is 447 g/mol. The second-order valence-electron chi connectivity index (χ2n) is 7.01. The van der Waals surface area contributed by atoms with Crippen LogP contribution in [0.15, 0.2) is 42.5 Å². The fourth-order valence-electron chi connectivity index (χ4n) is 3.47. The summed E-state index contributed by atoms with van der Waals surface area (Å²) in [6.45, 7) is 1.30. The van der Waals surface area contributed by atoms with E-state index in [2.05, 4.69) is 5.32 Å². The number of carbonyl (C=O) groups is 2. The van der Waals surface area contributed by atoms with E-state index in [1.807, 2.05) is 18.2 Å². The molecule has 1 fully saturated rings.